The van der Waals surface area contributed by atoms with Gasteiger partial charge in [-0.1, -0.05) is 23.7 Å². The van der Waals surface area contributed by atoms with E-state index in [1.807, 2.05) is 13.0 Å². The molecule has 1 fully saturated rings. The summed E-state index contributed by atoms with van der Waals surface area (Å²) in [5.74, 6) is -3.18. The smallest absolute Gasteiger partial charge is 0.322 e. The molecule has 3 heterocycles. The summed E-state index contributed by atoms with van der Waals surface area (Å²) in [7, 11) is 0. The van der Waals surface area contributed by atoms with E-state index >= 15 is 0 Å². The lowest BCUT2D eigenvalue weighted by molar-refractivity contribution is 0.0151. The van der Waals surface area contributed by atoms with Gasteiger partial charge in [0.15, 0.2) is 5.65 Å². The number of imidazole rings is 1. The van der Waals surface area contributed by atoms with Gasteiger partial charge >= 0.3 is 6.03 Å². The molecule has 0 unspecified atom stereocenters. The summed E-state index contributed by atoms with van der Waals surface area (Å²) in [5.41, 5.74) is 3.39. The lowest BCUT2D eigenvalue weighted by atomic mass is 10.0. The number of benzene rings is 2. The van der Waals surface area contributed by atoms with E-state index in [9.17, 15) is 18.0 Å². The van der Waals surface area contributed by atoms with Crippen molar-refractivity contribution in [1.82, 2.24) is 19.9 Å². The van der Waals surface area contributed by atoms with Crippen molar-refractivity contribution in [3.63, 3.8) is 0 Å². The molecule has 1 aliphatic rings. The number of carbonyl (C=O) groups is 1. The number of aromatic nitrogens is 3. The van der Waals surface area contributed by atoms with Crippen LogP contribution in [0.2, 0.25) is 5.02 Å². The number of aryl methyl sites for hydroxylation is 1. The van der Waals surface area contributed by atoms with Crippen LogP contribution in [-0.4, -0.2) is 38.4 Å². The maximum Gasteiger partial charge on any atom is 0.322 e. The van der Waals surface area contributed by atoms with Gasteiger partial charge in [-0.15, -0.1) is 0 Å². The fraction of sp³-hybridized carbons (Fsp3) is 0.208. The molecule has 5 rings (SSSR count). The highest BCUT2D eigenvalue weighted by Crippen LogP contribution is 2.41. The van der Waals surface area contributed by atoms with Gasteiger partial charge in [-0.05, 0) is 54.4 Å². The molecular formula is C24H19ClF3N5O. The number of halogens is 4. The van der Waals surface area contributed by atoms with Crippen LogP contribution in [0.5, 0.6) is 0 Å². The van der Waals surface area contributed by atoms with Crippen molar-refractivity contribution >= 4 is 34.5 Å². The van der Waals surface area contributed by atoms with Gasteiger partial charge in [0.1, 0.15) is 11.6 Å². The van der Waals surface area contributed by atoms with E-state index in [1.165, 1.54) is 24.3 Å². The van der Waals surface area contributed by atoms with Crippen molar-refractivity contribution in [2.24, 2.45) is 0 Å². The summed E-state index contributed by atoms with van der Waals surface area (Å²) >= 11 is 6.37. The Morgan fingerprint density at radius 1 is 1.24 bits per heavy atom. The third-order valence-corrected chi connectivity index (χ3v) is 6.04. The van der Waals surface area contributed by atoms with Crippen molar-refractivity contribution in [3.05, 3.63) is 76.7 Å². The number of pyridine rings is 1. The number of nitrogens with zero attached hydrogens (tertiary/aromatic N) is 3. The molecule has 6 nitrogen and oxygen atoms in total. The topological polar surface area (TPSA) is 73.9 Å². The average Bonchev–Trinajstić information content (AvgIpc) is 3.35. The minimum absolute atomic E-state index is 0.314. The highest BCUT2D eigenvalue weighted by atomic mass is 35.5. The van der Waals surface area contributed by atoms with Crippen molar-refractivity contribution < 1.29 is 18.0 Å². The van der Waals surface area contributed by atoms with E-state index in [-0.39, 0.29) is 0 Å². The van der Waals surface area contributed by atoms with Gasteiger partial charge in [-0.2, -0.15) is 0 Å². The third kappa shape index (κ3) is 4.31. The SMILES string of the molecule is Cc1cnc2nc(-c3cc(NC(=O)N4CC(F)(F)C[C@@H]4c4cccc(F)c4)ccc3Cl)[nH]c2c1. The number of urea groups is 1. The Kier molecular flexibility index (Phi) is 5.44. The van der Waals surface area contributed by atoms with Gasteiger partial charge in [0.2, 0.25) is 0 Å². The molecule has 0 aliphatic carbocycles. The quantitative estimate of drug-likeness (QED) is 0.355. The van der Waals surface area contributed by atoms with Gasteiger partial charge in [0.05, 0.1) is 23.1 Å². The Labute approximate surface area is 197 Å². The molecule has 0 radical (unpaired) electrons. The molecule has 0 spiro atoms. The van der Waals surface area contributed by atoms with E-state index in [2.05, 4.69) is 20.3 Å². The minimum atomic E-state index is -3.08. The molecule has 0 saturated carbocycles. The fourth-order valence-electron chi connectivity index (χ4n) is 4.15. The standard InChI is InChI=1S/C24H19ClF3N5O/c1-13-7-19-22(29-11-13)32-21(31-19)17-9-16(5-6-18(17)25)30-23(34)33-12-24(27,28)10-20(33)14-3-2-4-15(26)8-14/h2-9,11,20H,10,12H2,1H3,(H,30,34)(H,29,31,32)/t20-/m1/s1. The number of H-pyrrole nitrogens is 1. The molecule has 2 N–H and O–H groups in total. The van der Waals surface area contributed by atoms with Crippen LogP contribution in [-0.2, 0) is 0 Å². The molecule has 10 heteroatoms. The Balaban J connectivity index is 1.43. The van der Waals surface area contributed by atoms with E-state index < -0.39 is 36.8 Å². The van der Waals surface area contributed by atoms with Crippen molar-refractivity contribution in [2.75, 3.05) is 11.9 Å². The van der Waals surface area contributed by atoms with Crippen LogP contribution >= 0.6 is 11.6 Å². The maximum atomic E-state index is 14.2. The molecule has 1 saturated heterocycles. The molecule has 0 bridgehead atoms. The first-order valence-corrected chi connectivity index (χ1v) is 10.9. The number of rotatable bonds is 3. The first-order valence-electron chi connectivity index (χ1n) is 10.5. The molecule has 4 aromatic rings. The molecule has 1 atom stereocenters. The number of fused-ring (bicyclic) bond motifs is 1. The number of amides is 2. The van der Waals surface area contributed by atoms with Gasteiger partial charge in [-0.25, -0.2) is 27.9 Å². The number of hydrogen-bond acceptors (Lipinski definition) is 3. The lowest BCUT2D eigenvalue weighted by Gasteiger charge is -2.24. The van der Waals surface area contributed by atoms with Crippen LogP contribution in [0.3, 0.4) is 0 Å². The van der Waals surface area contributed by atoms with Crippen LogP contribution in [0, 0.1) is 12.7 Å². The van der Waals surface area contributed by atoms with E-state index in [0.717, 1.165) is 16.0 Å². The lowest BCUT2D eigenvalue weighted by Crippen LogP contribution is -2.36. The Morgan fingerprint density at radius 2 is 2.06 bits per heavy atom. The molecule has 1 aliphatic heterocycles. The van der Waals surface area contributed by atoms with Gasteiger partial charge in [-0.3, -0.25) is 0 Å². The van der Waals surface area contributed by atoms with Crippen LogP contribution in [0.1, 0.15) is 23.6 Å². The summed E-state index contributed by atoms with van der Waals surface area (Å²) < 4.78 is 42.2. The average molecular weight is 486 g/mol. The second kappa shape index (κ2) is 8.32. The molecule has 2 amide bonds. The van der Waals surface area contributed by atoms with Gasteiger partial charge in [0.25, 0.3) is 5.92 Å². The van der Waals surface area contributed by atoms with Gasteiger partial charge < -0.3 is 15.2 Å². The number of nitrogens with one attached hydrogen (secondary N) is 2. The summed E-state index contributed by atoms with van der Waals surface area (Å²) in [5, 5.41) is 3.05. The number of likely N-dealkylation sites (tertiary alicyclic amines) is 1. The molecule has 34 heavy (non-hydrogen) atoms. The largest absolute Gasteiger partial charge is 0.337 e. The van der Waals surface area contributed by atoms with E-state index in [4.69, 9.17) is 11.6 Å². The fourth-order valence-corrected chi connectivity index (χ4v) is 4.36. The molecule has 174 valence electrons. The third-order valence-electron chi connectivity index (χ3n) is 5.71. The van der Waals surface area contributed by atoms with Crippen LogP contribution in [0.4, 0.5) is 23.7 Å². The number of carbonyl (C=O) groups excluding carboxylic acids is 1. The Bertz CT molecular complexity index is 1410. The number of alkyl halides is 2. The molecule has 2 aromatic heterocycles. The number of aromatic amines is 1. The summed E-state index contributed by atoms with van der Waals surface area (Å²) in [4.78, 5) is 25.9. The predicted octanol–water partition coefficient (Wildman–Crippen LogP) is 6.34. The Morgan fingerprint density at radius 3 is 2.85 bits per heavy atom. The van der Waals surface area contributed by atoms with Crippen LogP contribution in [0.15, 0.2) is 54.7 Å². The monoisotopic (exact) mass is 485 g/mol. The van der Waals surface area contributed by atoms with Crippen LogP contribution in [0.25, 0.3) is 22.6 Å². The summed E-state index contributed by atoms with van der Waals surface area (Å²) in [6.45, 7) is 1.14. The second-order valence-electron chi connectivity index (χ2n) is 8.35. The summed E-state index contributed by atoms with van der Waals surface area (Å²) in [6, 6.07) is 10.4. The van der Waals surface area contributed by atoms with Crippen molar-refractivity contribution in [3.8, 4) is 11.4 Å². The zero-order chi connectivity index (χ0) is 24.0. The predicted molar refractivity (Wildman–Crippen MR) is 124 cm³/mol. The van der Waals surface area contributed by atoms with E-state index in [0.29, 0.717) is 33.3 Å². The highest BCUT2D eigenvalue weighted by Gasteiger charge is 2.47. The summed E-state index contributed by atoms with van der Waals surface area (Å²) in [6.07, 6.45) is 1.12. The number of hydrogen-bond donors (Lipinski definition) is 2. The maximum absolute atomic E-state index is 14.2. The van der Waals surface area contributed by atoms with Crippen molar-refractivity contribution in [2.45, 2.75) is 25.3 Å². The van der Waals surface area contributed by atoms with Gasteiger partial charge in [0, 0.05) is 23.9 Å². The number of anilines is 1. The minimum Gasteiger partial charge on any atom is -0.337 e. The van der Waals surface area contributed by atoms with E-state index in [1.54, 1.807) is 24.4 Å². The first kappa shape index (κ1) is 22.2. The Hall–Kier alpha value is -3.59. The zero-order valence-corrected chi connectivity index (χ0v) is 18.7. The van der Waals surface area contributed by atoms with Crippen LogP contribution < -0.4 is 5.32 Å². The zero-order valence-electron chi connectivity index (χ0n) is 17.9. The second-order valence-corrected chi connectivity index (χ2v) is 8.76. The molecule has 2 aromatic carbocycles. The van der Waals surface area contributed by atoms with Crippen molar-refractivity contribution in [1.29, 1.82) is 0 Å². The first-order chi connectivity index (χ1) is 16.2. The highest BCUT2D eigenvalue weighted by molar-refractivity contribution is 6.33. The molecular weight excluding hydrogens is 467 g/mol. The normalized spacial score (nSPS) is 17.3.